The quantitative estimate of drug-likeness (QED) is 0.663. The highest BCUT2D eigenvalue weighted by Crippen LogP contribution is 2.54. The van der Waals surface area contributed by atoms with Crippen LogP contribution in [0.3, 0.4) is 0 Å². The number of nitrogens with one attached hydrogen (secondary N) is 1. The molecule has 2 heterocycles. The smallest absolute Gasteiger partial charge is 0.298 e. The second-order valence-corrected chi connectivity index (χ2v) is 6.82. The van der Waals surface area contributed by atoms with Crippen molar-refractivity contribution in [1.29, 1.82) is 0 Å². The third kappa shape index (κ3) is 1.97. The molecule has 4 unspecified atom stereocenters. The molecule has 2 aliphatic carbocycles. The molecule has 0 aromatic carbocycles. The highest BCUT2D eigenvalue weighted by molar-refractivity contribution is 5.94. The van der Waals surface area contributed by atoms with Gasteiger partial charge in [-0.15, -0.1) is 0 Å². The minimum atomic E-state index is 0.110. The highest BCUT2D eigenvalue weighted by Gasteiger charge is 2.54. The van der Waals surface area contributed by atoms with Crippen molar-refractivity contribution in [1.82, 2.24) is 10.2 Å². The number of carbonyl (C=O) groups is 1. The molecule has 3 nitrogen and oxygen atoms in total. The molecule has 4 fully saturated rings. The summed E-state index contributed by atoms with van der Waals surface area (Å²) in [5.74, 6) is 9.25. The first-order valence-corrected chi connectivity index (χ1v) is 7.84. The van der Waals surface area contributed by atoms with Crippen LogP contribution in [-0.2, 0) is 4.79 Å². The molecule has 4 atom stereocenters. The first kappa shape index (κ1) is 11.8. The van der Waals surface area contributed by atoms with Crippen LogP contribution in [0.15, 0.2) is 0 Å². The van der Waals surface area contributed by atoms with Gasteiger partial charge in [0.15, 0.2) is 0 Å². The maximum Gasteiger partial charge on any atom is 0.298 e. The molecule has 0 radical (unpaired) electrons. The van der Waals surface area contributed by atoms with Crippen molar-refractivity contribution in [3.8, 4) is 11.8 Å². The van der Waals surface area contributed by atoms with E-state index in [1.807, 2.05) is 0 Å². The Morgan fingerprint density at radius 3 is 2.74 bits per heavy atom. The van der Waals surface area contributed by atoms with Crippen LogP contribution < -0.4 is 5.32 Å². The Morgan fingerprint density at radius 2 is 2.00 bits per heavy atom. The standard InChI is InChI=1S/C16H22N2O/c19-16(2-1-11-3-5-17-6-4-11)18-10-13-7-12-8-14(13)15(18)9-12/h11-15,17H,3-10H2. The molecule has 4 rings (SSSR count). The summed E-state index contributed by atoms with van der Waals surface area (Å²) in [5, 5.41) is 3.34. The third-order valence-corrected chi connectivity index (χ3v) is 5.73. The first-order chi connectivity index (χ1) is 9.31. The number of fused-ring (bicyclic) bond motifs is 1. The van der Waals surface area contributed by atoms with Crippen LogP contribution >= 0.6 is 0 Å². The van der Waals surface area contributed by atoms with Gasteiger partial charge in [0.1, 0.15) is 0 Å². The lowest BCUT2D eigenvalue weighted by molar-refractivity contribution is -0.126. The molecule has 2 saturated carbocycles. The number of hydrogen-bond acceptors (Lipinski definition) is 2. The van der Waals surface area contributed by atoms with Crippen molar-refractivity contribution in [2.75, 3.05) is 19.6 Å². The number of hydrogen-bond donors (Lipinski definition) is 1. The Hall–Kier alpha value is -1.01. The van der Waals surface area contributed by atoms with Gasteiger partial charge in [0.25, 0.3) is 5.91 Å². The van der Waals surface area contributed by atoms with Crippen molar-refractivity contribution in [3.05, 3.63) is 0 Å². The molecule has 2 saturated heterocycles. The van der Waals surface area contributed by atoms with E-state index in [0.717, 1.165) is 50.2 Å². The molecular formula is C16H22N2O. The predicted octanol–water partition coefficient (Wildman–Crippen LogP) is 1.25. The number of amides is 1. The largest absolute Gasteiger partial charge is 0.328 e. The Morgan fingerprint density at radius 1 is 1.16 bits per heavy atom. The summed E-state index contributed by atoms with van der Waals surface area (Å²) < 4.78 is 0. The zero-order chi connectivity index (χ0) is 12.8. The third-order valence-electron chi connectivity index (χ3n) is 5.73. The van der Waals surface area contributed by atoms with Gasteiger partial charge in [0.05, 0.1) is 0 Å². The van der Waals surface area contributed by atoms with Gasteiger partial charge in [-0.05, 0) is 68.9 Å². The topological polar surface area (TPSA) is 32.3 Å². The average Bonchev–Trinajstić information content (AvgIpc) is 3.05. The van der Waals surface area contributed by atoms with E-state index in [4.69, 9.17) is 0 Å². The molecule has 19 heavy (non-hydrogen) atoms. The molecule has 2 aliphatic heterocycles. The Labute approximate surface area is 115 Å². The van der Waals surface area contributed by atoms with E-state index in [1.54, 1.807) is 0 Å². The van der Waals surface area contributed by atoms with Crippen LogP contribution in [0.1, 0.15) is 32.1 Å². The van der Waals surface area contributed by atoms with Crippen molar-refractivity contribution in [2.24, 2.45) is 23.7 Å². The molecular weight excluding hydrogens is 236 g/mol. The van der Waals surface area contributed by atoms with Crippen LogP contribution in [0, 0.1) is 35.5 Å². The Bertz CT molecular complexity index is 441. The van der Waals surface area contributed by atoms with Crippen LogP contribution in [0.2, 0.25) is 0 Å². The van der Waals surface area contributed by atoms with Gasteiger partial charge in [-0.3, -0.25) is 4.79 Å². The minimum Gasteiger partial charge on any atom is -0.328 e. The van der Waals surface area contributed by atoms with E-state index in [0.29, 0.717) is 12.0 Å². The zero-order valence-electron chi connectivity index (χ0n) is 11.4. The molecule has 4 aliphatic rings. The Balaban J connectivity index is 1.43. The van der Waals surface area contributed by atoms with Crippen molar-refractivity contribution >= 4 is 5.91 Å². The van der Waals surface area contributed by atoms with Gasteiger partial charge in [-0.25, -0.2) is 0 Å². The molecule has 2 bridgehead atoms. The fraction of sp³-hybridized carbons (Fsp3) is 0.812. The molecule has 0 aromatic heterocycles. The van der Waals surface area contributed by atoms with Gasteiger partial charge in [0, 0.05) is 18.5 Å². The number of carbonyl (C=O) groups excluding carboxylic acids is 1. The molecule has 3 heteroatoms. The summed E-state index contributed by atoms with van der Waals surface area (Å²) in [6.07, 6.45) is 6.18. The molecule has 0 aromatic rings. The SMILES string of the molecule is O=C(C#CC1CCNCC1)N1CC2CC3CC2C1C3. The van der Waals surface area contributed by atoms with Crippen molar-refractivity contribution in [2.45, 2.75) is 38.1 Å². The number of nitrogens with zero attached hydrogens (tertiary/aromatic N) is 1. The monoisotopic (exact) mass is 258 g/mol. The summed E-state index contributed by atoms with van der Waals surface area (Å²) in [4.78, 5) is 14.4. The van der Waals surface area contributed by atoms with Crippen LogP contribution in [0.5, 0.6) is 0 Å². The lowest BCUT2D eigenvalue weighted by atomic mass is 9.90. The number of piperidine rings is 1. The van der Waals surface area contributed by atoms with Gasteiger partial charge < -0.3 is 10.2 Å². The van der Waals surface area contributed by atoms with E-state index in [1.165, 1.54) is 19.3 Å². The second kappa shape index (κ2) is 4.52. The summed E-state index contributed by atoms with van der Waals surface area (Å²) >= 11 is 0. The molecule has 1 amide bonds. The van der Waals surface area contributed by atoms with E-state index in [2.05, 4.69) is 22.1 Å². The summed E-state index contributed by atoms with van der Waals surface area (Å²) in [6.45, 7) is 3.09. The van der Waals surface area contributed by atoms with Crippen LogP contribution in [0.4, 0.5) is 0 Å². The first-order valence-electron chi connectivity index (χ1n) is 7.84. The van der Waals surface area contributed by atoms with Gasteiger partial charge in [-0.1, -0.05) is 5.92 Å². The fourth-order valence-corrected chi connectivity index (χ4v) is 4.85. The highest BCUT2D eigenvalue weighted by atomic mass is 16.2. The number of rotatable bonds is 0. The lowest BCUT2D eigenvalue weighted by Gasteiger charge is -2.22. The zero-order valence-corrected chi connectivity index (χ0v) is 11.4. The molecule has 1 N–H and O–H groups in total. The molecule has 0 spiro atoms. The van der Waals surface area contributed by atoms with Gasteiger partial charge in [0.2, 0.25) is 0 Å². The van der Waals surface area contributed by atoms with Crippen molar-refractivity contribution in [3.63, 3.8) is 0 Å². The maximum atomic E-state index is 12.3. The second-order valence-electron chi connectivity index (χ2n) is 6.82. The normalized spacial score (nSPS) is 40.3. The van der Waals surface area contributed by atoms with Crippen LogP contribution in [-0.4, -0.2) is 36.5 Å². The Kier molecular flexibility index (Phi) is 2.81. The summed E-state index contributed by atoms with van der Waals surface area (Å²) in [6, 6.07) is 0.540. The minimum absolute atomic E-state index is 0.110. The summed E-state index contributed by atoms with van der Waals surface area (Å²) in [5.41, 5.74) is 0. The van der Waals surface area contributed by atoms with Gasteiger partial charge in [-0.2, -0.15) is 0 Å². The average molecular weight is 258 g/mol. The molecule has 102 valence electrons. The van der Waals surface area contributed by atoms with Crippen LogP contribution in [0.25, 0.3) is 0 Å². The van der Waals surface area contributed by atoms with Crippen molar-refractivity contribution < 1.29 is 4.79 Å². The fourth-order valence-electron chi connectivity index (χ4n) is 4.85. The van der Waals surface area contributed by atoms with Gasteiger partial charge >= 0.3 is 0 Å². The maximum absolute atomic E-state index is 12.3. The lowest BCUT2D eigenvalue weighted by Crippen LogP contribution is -2.35. The van der Waals surface area contributed by atoms with E-state index < -0.39 is 0 Å². The predicted molar refractivity (Wildman–Crippen MR) is 73.2 cm³/mol. The van der Waals surface area contributed by atoms with E-state index in [9.17, 15) is 4.79 Å². The summed E-state index contributed by atoms with van der Waals surface area (Å²) in [7, 11) is 0. The van der Waals surface area contributed by atoms with E-state index >= 15 is 0 Å². The number of likely N-dealkylation sites (tertiary alicyclic amines) is 1. The van der Waals surface area contributed by atoms with E-state index in [-0.39, 0.29) is 5.91 Å².